The van der Waals surface area contributed by atoms with E-state index in [0.29, 0.717) is 0 Å². The van der Waals surface area contributed by atoms with Gasteiger partial charge in [0.1, 0.15) is 24.4 Å². The van der Waals surface area contributed by atoms with Crippen LogP contribution in [0.25, 0.3) is 22.3 Å². The van der Waals surface area contributed by atoms with Crippen LogP contribution in [0.2, 0.25) is 0 Å². The molecule has 1 unspecified atom stereocenters. The summed E-state index contributed by atoms with van der Waals surface area (Å²) in [6.45, 7) is 6.82. The van der Waals surface area contributed by atoms with Gasteiger partial charge >= 0.3 is 0 Å². The molecule has 5 rings (SSSR count). The predicted molar refractivity (Wildman–Crippen MR) is 116 cm³/mol. The largest absolute Gasteiger partial charge is 1.00 e. The van der Waals surface area contributed by atoms with Crippen molar-refractivity contribution in [3.63, 3.8) is 0 Å². The second-order valence-corrected chi connectivity index (χ2v) is 9.25. The third kappa shape index (κ3) is 3.52. The van der Waals surface area contributed by atoms with E-state index in [1.165, 1.54) is 53.2 Å². The van der Waals surface area contributed by atoms with Crippen LogP contribution in [-0.4, -0.2) is 26.2 Å². The fourth-order valence-electron chi connectivity index (χ4n) is 4.67. The Bertz CT molecular complexity index is 1030. The third-order valence-corrected chi connectivity index (χ3v) is 6.53. The number of hydrogen-bond acceptors (Lipinski definition) is 2. The van der Waals surface area contributed by atoms with E-state index >= 15 is 0 Å². The van der Waals surface area contributed by atoms with Crippen molar-refractivity contribution >= 4 is 32.6 Å². The normalized spacial score (nSPS) is 18.1. The average molecular weight is 506 g/mol. The van der Waals surface area contributed by atoms with E-state index in [1.807, 2.05) is 0 Å². The summed E-state index contributed by atoms with van der Waals surface area (Å²) in [7, 11) is 0. The molecule has 5 heteroatoms. The maximum absolute atomic E-state index is 6.46. The van der Waals surface area contributed by atoms with Crippen molar-refractivity contribution in [1.29, 1.82) is 0 Å². The van der Waals surface area contributed by atoms with Crippen molar-refractivity contribution < 1.29 is 21.4 Å². The van der Waals surface area contributed by atoms with E-state index in [-0.39, 0.29) is 21.8 Å². The summed E-state index contributed by atoms with van der Waals surface area (Å²) in [6.07, 6.45) is 5.15. The molecular formula is C23H26Br2N2O. The van der Waals surface area contributed by atoms with Crippen molar-refractivity contribution in [3.8, 4) is 11.3 Å². The van der Waals surface area contributed by atoms with Gasteiger partial charge in [-0.2, -0.15) is 0 Å². The van der Waals surface area contributed by atoms with Crippen LogP contribution in [0.3, 0.4) is 0 Å². The van der Waals surface area contributed by atoms with Crippen LogP contribution in [0.5, 0.6) is 0 Å². The van der Waals surface area contributed by atoms with Crippen LogP contribution in [0, 0.1) is 0 Å². The summed E-state index contributed by atoms with van der Waals surface area (Å²) in [4.78, 5) is 2.74. The Morgan fingerprint density at radius 3 is 2.46 bits per heavy atom. The van der Waals surface area contributed by atoms with Crippen molar-refractivity contribution in [1.82, 2.24) is 4.58 Å². The number of fused-ring (bicyclic) bond motifs is 2. The lowest BCUT2D eigenvalue weighted by atomic mass is 9.97. The fraction of sp³-hybridized carbons (Fsp3) is 0.435. The monoisotopic (exact) mass is 504 g/mol. The highest BCUT2D eigenvalue weighted by Gasteiger charge is 2.22. The minimum atomic E-state index is 0. The van der Waals surface area contributed by atoms with E-state index in [9.17, 15) is 0 Å². The van der Waals surface area contributed by atoms with Gasteiger partial charge in [0.2, 0.25) is 5.36 Å². The van der Waals surface area contributed by atoms with Gasteiger partial charge in [-0.1, -0.05) is 15.9 Å². The number of hydrogen-bond donors (Lipinski definition) is 0. The zero-order valence-corrected chi connectivity index (χ0v) is 19.4. The number of anilines is 1. The minimum Gasteiger partial charge on any atom is -1.00 e. The molecule has 148 valence electrons. The molecule has 1 aliphatic carbocycles. The van der Waals surface area contributed by atoms with Gasteiger partial charge in [0.25, 0.3) is 0 Å². The number of benzene rings is 2. The summed E-state index contributed by atoms with van der Waals surface area (Å²) in [5, 5.41) is 2.50. The summed E-state index contributed by atoms with van der Waals surface area (Å²) < 4.78 is 8.93. The molecule has 2 fully saturated rings. The third-order valence-electron chi connectivity index (χ3n) is 6.07. The zero-order valence-electron chi connectivity index (χ0n) is 16.3. The Morgan fingerprint density at radius 2 is 1.75 bits per heavy atom. The maximum Gasteiger partial charge on any atom is 0.203 e. The molecule has 0 saturated carbocycles. The zero-order chi connectivity index (χ0) is 18.4. The van der Waals surface area contributed by atoms with Gasteiger partial charge in [0, 0.05) is 59.5 Å². The molecule has 0 bridgehead atoms. The van der Waals surface area contributed by atoms with Crippen molar-refractivity contribution in [2.75, 3.05) is 31.1 Å². The first-order valence-electron chi connectivity index (χ1n) is 10.2. The van der Waals surface area contributed by atoms with Crippen molar-refractivity contribution in [2.24, 2.45) is 0 Å². The number of nitrogens with zero attached hydrogens (tertiary/aromatic N) is 2. The van der Waals surface area contributed by atoms with Crippen LogP contribution in [0.1, 0.15) is 43.0 Å². The standard InChI is InChI=1S/C23H26BrN2O.BrH/c1-16(24)23-19-8-6-17(25-10-2-3-11-25)14-21(19)27-22-15-18(7-9-20(22)23)26-12-4-5-13-26;/h6-9,14-16H,2-5,10-13H2,1H3;1H/q+1;/p-1. The van der Waals surface area contributed by atoms with Gasteiger partial charge in [0.05, 0.1) is 6.07 Å². The first-order chi connectivity index (χ1) is 13.2. The molecule has 2 saturated heterocycles. The van der Waals surface area contributed by atoms with Gasteiger partial charge < -0.3 is 26.3 Å². The topological polar surface area (TPSA) is 19.4 Å². The van der Waals surface area contributed by atoms with Gasteiger partial charge in [-0.05, 0) is 43.5 Å². The van der Waals surface area contributed by atoms with Gasteiger partial charge in [0.15, 0.2) is 0 Å². The second kappa shape index (κ2) is 8.19. The second-order valence-electron chi connectivity index (χ2n) is 7.88. The molecule has 1 aromatic rings. The van der Waals surface area contributed by atoms with Crippen LogP contribution in [0.4, 0.5) is 5.69 Å². The van der Waals surface area contributed by atoms with E-state index < -0.39 is 0 Å². The number of alkyl halides is 1. The highest BCUT2D eigenvalue weighted by atomic mass is 79.9. The van der Waals surface area contributed by atoms with E-state index in [1.54, 1.807) is 0 Å². The van der Waals surface area contributed by atoms with E-state index in [2.05, 4.69) is 68.7 Å². The van der Waals surface area contributed by atoms with Crippen LogP contribution in [0.15, 0.2) is 40.8 Å². The Kier molecular flexibility index (Phi) is 5.84. The Balaban J connectivity index is 0.00000192. The smallest absolute Gasteiger partial charge is 0.203 e. The lowest BCUT2D eigenvalue weighted by Crippen LogP contribution is -3.00. The van der Waals surface area contributed by atoms with E-state index in [0.717, 1.165) is 37.5 Å². The summed E-state index contributed by atoms with van der Waals surface area (Å²) in [5.74, 6) is 0.992. The van der Waals surface area contributed by atoms with Crippen molar-refractivity contribution in [3.05, 3.63) is 47.3 Å². The highest BCUT2D eigenvalue weighted by molar-refractivity contribution is 9.09. The molecule has 3 aliphatic heterocycles. The molecule has 1 atom stereocenters. The fourth-order valence-corrected chi connectivity index (χ4v) is 5.17. The van der Waals surface area contributed by atoms with E-state index in [4.69, 9.17) is 4.42 Å². The molecule has 4 aliphatic rings. The van der Waals surface area contributed by atoms with Gasteiger partial charge in [-0.25, -0.2) is 4.58 Å². The highest BCUT2D eigenvalue weighted by Crippen LogP contribution is 2.40. The van der Waals surface area contributed by atoms with Gasteiger partial charge in [-0.3, -0.25) is 0 Å². The Labute approximate surface area is 185 Å². The number of halogens is 2. The lowest BCUT2D eigenvalue weighted by molar-refractivity contribution is -0.00000577. The Morgan fingerprint density at radius 1 is 1.00 bits per heavy atom. The molecule has 0 radical (unpaired) electrons. The molecule has 3 nitrogen and oxygen atoms in total. The molecule has 0 aromatic heterocycles. The molecule has 0 spiro atoms. The van der Waals surface area contributed by atoms with Crippen LogP contribution >= 0.6 is 15.9 Å². The molecular weight excluding hydrogens is 480 g/mol. The van der Waals surface area contributed by atoms with Crippen molar-refractivity contribution in [2.45, 2.75) is 37.4 Å². The quantitative estimate of drug-likeness (QED) is 0.302. The molecule has 1 aromatic carbocycles. The predicted octanol–water partition coefficient (Wildman–Crippen LogP) is 2.16. The molecule has 3 heterocycles. The summed E-state index contributed by atoms with van der Waals surface area (Å²) in [6, 6.07) is 13.5. The molecule has 28 heavy (non-hydrogen) atoms. The lowest BCUT2D eigenvalue weighted by Gasteiger charge is -2.20. The molecule has 0 amide bonds. The first-order valence-corrected chi connectivity index (χ1v) is 11.1. The first kappa shape index (κ1) is 20.0. The summed E-state index contributed by atoms with van der Waals surface area (Å²) in [5.41, 5.74) is 4.81. The van der Waals surface area contributed by atoms with Crippen LogP contribution < -0.4 is 31.8 Å². The Hall–Kier alpha value is -1.33. The maximum atomic E-state index is 6.46. The number of rotatable bonds is 2. The molecule has 0 N–H and O–H groups in total. The minimum absolute atomic E-state index is 0. The van der Waals surface area contributed by atoms with Crippen LogP contribution in [-0.2, 0) is 0 Å². The average Bonchev–Trinajstić information content (AvgIpc) is 3.38. The van der Waals surface area contributed by atoms with Gasteiger partial charge in [-0.15, -0.1) is 0 Å². The SMILES string of the molecule is CC(Br)c1c2ccc(=[N+]3CCCC3)cc-2oc2cc(N3CCCC3)ccc12.[Br-]. The summed E-state index contributed by atoms with van der Waals surface area (Å²) >= 11 is 3.83.